The van der Waals surface area contributed by atoms with E-state index < -0.39 is 22.1 Å². The molecule has 0 aliphatic carbocycles. The van der Waals surface area contributed by atoms with Crippen LogP contribution in [0.25, 0.3) is 0 Å². The molecule has 0 bridgehead atoms. The Morgan fingerprint density at radius 1 is 1.38 bits per heavy atom. The number of nitrogens with zero attached hydrogens (tertiary/aromatic N) is 1. The summed E-state index contributed by atoms with van der Waals surface area (Å²) in [6.45, 7) is 3.72. The monoisotopic (exact) mass is 313 g/mol. The van der Waals surface area contributed by atoms with Gasteiger partial charge in [0.2, 0.25) is 10.0 Å². The minimum atomic E-state index is -3.41. The molecule has 116 valence electrons. The highest BCUT2D eigenvalue weighted by Gasteiger charge is 2.33. The molecule has 0 fully saturated rings. The van der Waals surface area contributed by atoms with Crippen molar-refractivity contribution in [2.24, 2.45) is 0 Å². The molecule has 1 atom stereocenters. The van der Waals surface area contributed by atoms with Gasteiger partial charge in [-0.25, -0.2) is 8.42 Å². The van der Waals surface area contributed by atoms with Gasteiger partial charge in [0, 0.05) is 0 Å². The number of para-hydroxylation sites is 2. The first-order valence-electron chi connectivity index (χ1n) is 6.89. The van der Waals surface area contributed by atoms with Crippen molar-refractivity contribution in [1.29, 1.82) is 0 Å². The van der Waals surface area contributed by atoms with Crippen molar-refractivity contribution in [3.8, 4) is 5.75 Å². The molecule has 0 amide bonds. The highest BCUT2D eigenvalue weighted by molar-refractivity contribution is 7.92. The Bertz CT molecular complexity index is 614. The Balaban J connectivity index is 2.27. The van der Waals surface area contributed by atoms with Crippen LogP contribution in [0.2, 0.25) is 0 Å². The van der Waals surface area contributed by atoms with E-state index in [1.54, 1.807) is 38.1 Å². The molecule has 1 aromatic carbocycles. The van der Waals surface area contributed by atoms with E-state index in [1.807, 2.05) is 0 Å². The summed E-state index contributed by atoms with van der Waals surface area (Å²) in [5, 5.41) is 0. The van der Waals surface area contributed by atoms with Gasteiger partial charge >= 0.3 is 5.97 Å². The normalized spacial score (nSPS) is 17.8. The third-order valence-corrected chi connectivity index (χ3v) is 4.94. The molecule has 21 heavy (non-hydrogen) atoms. The fourth-order valence-electron chi connectivity index (χ4n) is 2.19. The molecule has 1 aromatic rings. The molecule has 0 radical (unpaired) electrons. The quantitative estimate of drug-likeness (QED) is 0.771. The van der Waals surface area contributed by atoms with Crippen LogP contribution < -0.4 is 9.04 Å². The molecule has 1 heterocycles. The number of hydrogen-bond acceptors (Lipinski definition) is 5. The number of benzene rings is 1. The topological polar surface area (TPSA) is 72.9 Å². The van der Waals surface area contributed by atoms with Gasteiger partial charge in [0.05, 0.1) is 31.0 Å². The lowest BCUT2D eigenvalue weighted by molar-refractivity contribution is -0.144. The van der Waals surface area contributed by atoms with Crippen LogP contribution in [0.3, 0.4) is 0 Å². The molecule has 0 saturated carbocycles. The van der Waals surface area contributed by atoms with Crippen LogP contribution in [-0.4, -0.2) is 39.4 Å². The van der Waals surface area contributed by atoms with Gasteiger partial charge in [0.25, 0.3) is 0 Å². The molecule has 7 heteroatoms. The van der Waals surface area contributed by atoms with Crippen molar-refractivity contribution in [2.75, 3.05) is 23.2 Å². The summed E-state index contributed by atoms with van der Waals surface area (Å²) in [7, 11) is -3.41. The lowest BCUT2D eigenvalue weighted by Gasteiger charge is -2.34. The van der Waals surface area contributed by atoms with Crippen LogP contribution in [0.1, 0.15) is 20.3 Å². The Labute approximate surface area is 124 Å². The van der Waals surface area contributed by atoms with Gasteiger partial charge < -0.3 is 9.47 Å². The number of esters is 1. The van der Waals surface area contributed by atoms with Gasteiger partial charge in [-0.1, -0.05) is 12.1 Å². The van der Waals surface area contributed by atoms with Crippen molar-refractivity contribution in [3.05, 3.63) is 24.3 Å². The van der Waals surface area contributed by atoms with E-state index in [0.717, 1.165) is 0 Å². The number of fused-ring (bicyclic) bond motifs is 1. The van der Waals surface area contributed by atoms with Crippen molar-refractivity contribution in [1.82, 2.24) is 0 Å². The van der Waals surface area contributed by atoms with Crippen LogP contribution >= 0.6 is 0 Å². The summed E-state index contributed by atoms with van der Waals surface area (Å²) in [4.78, 5) is 11.6. The second-order valence-electron chi connectivity index (χ2n) is 4.65. The zero-order valence-electron chi connectivity index (χ0n) is 12.1. The Kier molecular flexibility index (Phi) is 4.72. The second-order valence-corrected chi connectivity index (χ2v) is 6.83. The molecule has 2 rings (SSSR count). The minimum absolute atomic E-state index is 0.00649. The first kappa shape index (κ1) is 15.6. The van der Waals surface area contributed by atoms with Crippen LogP contribution in [0.5, 0.6) is 5.75 Å². The van der Waals surface area contributed by atoms with Crippen LogP contribution in [0, 0.1) is 0 Å². The van der Waals surface area contributed by atoms with Crippen molar-refractivity contribution >= 4 is 21.7 Å². The molecule has 0 N–H and O–H groups in total. The standard InChI is InChI=1S/C14H19NO5S/c1-3-19-14(16)9-11-10-15(21(17,18)4-2)12-7-5-6-8-13(12)20-11/h5-8,11H,3-4,9-10H2,1-2H3/t11-/m0/s1. The van der Waals surface area contributed by atoms with E-state index in [9.17, 15) is 13.2 Å². The largest absolute Gasteiger partial charge is 0.486 e. The first-order valence-corrected chi connectivity index (χ1v) is 8.50. The number of hydrogen-bond donors (Lipinski definition) is 0. The smallest absolute Gasteiger partial charge is 0.309 e. The number of carbonyl (C=O) groups excluding carboxylic acids is 1. The SMILES string of the molecule is CCOC(=O)C[C@H]1CN(S(=O)(=O)CC)c2ccccc2O1. The second kappa shape index (κ2) is 6.34. The van der Waals surface area contributed by atoms with Gasteiger partial charge in [0.1, 0.15) is 11.9 Å². The summed E-state index contributed by atoms with van der Waals surface area (Å²) in [6.07, 6.45) is -0.516. The maximum atomic E-state index is 12.2. The van der Waals surface area contributed by atoms with Gasteiger partial charge in [-0.15, -0.1) is 0 Å². The zero-order valence-corrected chi connectivity index (χ0v) is 12.9. The maximum absolute atomic E-state index is 12.2. The Morgan fingerprint density at radius 3 is 2.76 bits per heavy atom. The highest BCUT2D eigenvalue weighted by Crippen LogP contribution is 2.35. The van der Waals surface area contributed by atoms with E-state index in [0.29, 0.717) is 18.0 Å². The summed E-state index contributed by atoms with van der Waals surface area (Å²) in [6, 6.07) is 6.92. The zero-order chi connectivity index (χ0) is 15.5. The number of ether oxygens (including phenoxy) is 2. The number of carbonyl (C=O) groups is 1. The van der Waals surface area contributed by atoms with Gasteiger partial charge in [-0.2, -0.15) is 0 Å². The lowest BCUT2D eigenvalue weighted by Crippen LogP contribution is -2.45. The summed E-state index contributed by atoms with van der Waals surface area (Å²) < 4.78 is 36.4. The van der Waals surface area contributed by atoms with E-state index >= 15 is 0 Å². The fraction of sp³-hybridized carbons (Fsp3) is 0.500. The summed E-state index contributed by atoms with van der Waals surface area (Å²) >= 11 is 0. The maximum Gasteiger partial charge on any atom is 0.309 e. The molecule has 0 aromatic heterocycles. The highest BCUT2D eigenvalue weighted by atomic mass is 32.2. The third kappa shape index (κ3) is 3.47. The van der Waals surface area contributed by atoms with Crippen LogP contribution in [-0.2, 0) is 19.6 Å². The number of sulfonamides is 1. The molecule has 6 nitrogen and oxygen atoms in total. The van der Waals surface area contributed by atoms with Crippen LogP contribution in [0.15, 0.2) is 24.3 Å². The summed E-state index contributed by atoms with van der Waals surface area (Å²) in [5.41, 5.74) is 0.513. The van der Waals surface area contributed by atoms with E-state index in [2.05, 4.69) is 0 Å². The molecule has 0 saturated heterocycles. The molecule has 0 unspecified atom stereocenters. The predicted molar refractivity (Wildman–Crippen MR) is 78.9 cm³/mol. The van der Waals surface area contributed by atoms with Crippen molar-refractivity contribution < 1.29 is 22.7 Å². The molecular weight excluding hydrogens is 294 g/mol. The average molecular weight is 313 g/mol. The predicted octanol–water partition coefficient (Wildman–Crippen LogP) is 1.56. The van der Waals surface area contributed by atoms with E-state index in [-0.39, 0.29) is 18.7 Å². The van der Waals surface area contributed by atoms with Gasteiger partial charge in [-0.05, 0) is 26.0 Å². The van der Waals surface area contributed by atoms with E-state index in [4.69, 9.17) is 9.47 Å². The van der Waals surface area contributed by atoms with Gasteiger partial charge in [-0.3, -0.25) is 9.10 Å². The number of rotatable bonds is 5. The Morgan fingerprint density at radius 2 is 2.10 bits per heavy atom. The fourth-order valence-corrected chi connectivity index (χ4v) is 3.35. The minimum Gasteiger partial charge on any atom is -0.486 e. The third-order valence-electron chi connectivity index (χ3n) is 3.20. The van der Waals surface area contributed by atoms with E-state index in [1.165, 1.54) is 4.31 Å². The Hall–Kier alpha value is -1.76. The van der Waals surface area contributed by atoms with Crippen molar-refractivity contribution in [3.63, 3.8) is 0 Å². The van der Waals surface area contributed by atoms with Crippen LogP contribution in [0.4, 0.5) is 5.69 Å². The van der Waals surface area contributed by atoms with Crippen molar-refractivity contribution in [2.45, 2.75) is 26.4 Å². The van der Waals surface area contributed by atoms with Gasteiger partial charge in [0.15, 0.2) is 0 Å². The average Bonchev–Trinajstić information content (AvgIpc) is 2.46. The lowest BCUT2D eigenvalue weighted by atomic mass is 10.2. The molecule has 1 aliphatic heterocycles. The summed E-state index contributed by atoms with van der Waals surface area (Å²) in [5.74, 6) is 0.0683. The number of anilines is 1. The molecule has 0 spiro atoms. The molecule has 1 aliphatic rings. The first-order chi connectivity index (χ1) is 9.97. The molecular formula is C14H19NO5S.